The highest BCUT2D eigenvalue weighted by atomic mass is 31.2. The number of hydrogen-bond acceptors (Lipinski definition) is 5. The highest BCUT2D eigenvalue weighted by Crippen LogP contribution is 2.50. The molecular weight excluding hydrogens is 381 g/mol. The van der Waals surface area contributed by atoms with Gasteiger partial charge in [-0.1, -0.05) is 60.7 Å². The van der Waals surface area contributed by atoms with E-state index in [1.54, 1.807) is 42.5 Å². The van der Waals surface area contributed by atoms with Crippen LogP contribution in [0.3, 0.4) is 0 Å². The van der Waals surface area contributed by atoms with Gasteiger partial charge in [0.25, 0.3) is 0 Å². The van der Waals surface area contributed by atoms with E-state index in [1.807, 2.05) is 18.2 Å². The van der Waals surface area contributed by atoms with Crippen LogP contribution in [0.5, 0.6) is 0 Å². The van der Waals surface area contributed by atoms with Crippen LogP contribution in [0.4, 0.5) is 4.79 Å². The first-order valence-electron chi connectivity index (χ1n) is 8.80. The minimum absolute atomic E-state index is 0.0326. The summed E-state index contributed by atoms with van der Waals surface area (Å²) in [4.78, 5) is 34.2. The van der Waals surface area contributed by atoms with Crippen molar-refractivity contribution in [3.8, 4) is 0 Å². The van der Waals surface area contributed by atoms with Crippen molar-refractivity contribution in [2.75, 3.05) is 7.11 Å². The van der Waals surface area contributed by atoms with Crippen molar-refractivity contribution in [2.24, 2.45) is 0 Å². The lowest BCUT2D eigenvalue weighted by Gasteiger charge is -2.24. The molecule has 7 nitrogen and oxygen atoms in total. The van der Waals surface area contributed by atoms with Crippen molar-refractivity contribution in [2.45, 2.75) is 31.4 Å². The summed E-state index contributed by atoms with van der Waals surface area (Å²) in [6.07, 6.45) is -1.08. The van der Waals surface area contributed by atoms with E-state index in [0.29, 0.717) is 5.56 Å². The molecule has 2 aromatic rings. The fourth-order valence-electron chi connectivity index (χ4n) is 2.59. The van der Waals surface area contributed by atoms with E-state index in [1.165, 1.54) is 7.11 Å². The molecule has 0 aromatic heterocycles. The van der Waals surface area contributed by atoms with E-state index in [0.717, 1.165) is 5.56 Å². The molecule has 0 spiro atoms. The highest BCUT2D eigenvalue weighted by Gasteiger charge is 2.33. The lowest BCUT2D eigenvalue weighted by molar-refractivity contribution is -0.140. The van der Waals surface area contributed by atoms with Crippen LogP contribution in [-0.2, 0) is 31.6 Å². The van der Waals surface area contributed by atoms with Crippen LogP contribution >= 0.6 is 7.37 Å². The summed E-state index contributed by atoms with van der Waals surface area (Å²) >= 11 is 0. The molecule has 2 aromatic carbocycles. The Morgan fingerprint density at radius 1 is 1.04 bits per heavy atom. The zero-order valence-electron chi connectivity index (χ0n) is 15.6. The summed E-state index contributed by atoms with van der Waals surface area (Å²) in [5.41, 5.74) is 1.45. The van der Waals surface area contributed by atoms with Crippen molar-refractivity contribution in [1.82, 2.24) is 5.32 Å². The molecule has 0 aliphatic carbocycles. The molecule has 2 rings (SSSR count). The van der Waals surface area contributed by atoms with Crippen LogP contribution in [-0.4, -0.2) is 29.8 Å². The van der Waals surface area contributed by atoms with Crippen LogP contribution in [0.1, 0.15) is 24.0 Å². The van der Waals surface area contributed by atoms with Gasteiger partial charge in [-0.15, -0.1) is 0 Å². The smallest absolute Gasteiger partial charge is 0.408 e. The third kappa shape index (κ3) is 7.18. The van der Waals surface area contributed by atoms with Gasteiger partial charge in [0.05, 0.1) is 13.3 Å². The monoisotopic (exact) mass is 405 g/mol. The van der Waals surface area contributed by atoms with Crippen molar-refractivity contribution >= 4 is 19.4 Å². The van der Waals surface area contributed by atoms with Gasteiger partial charge in [-0.25, -0.2) is 4.79 Å². The Bertz CT molecular complexity index is 812. The lowest BCUT2D eigenvalue weighted by atomic mass is 10.2. The third-order valence-electron chi connectivity index (χ3n) is 4.09. The van der Waals surface area contributed by atoms with Gasteiger partial charge in [0.2, 0.25) is 7.37 Å². The van der Waals surface area contributed by atoms with Gasteiger partial charge < -0.3 is 19.7 Å². The molecule has 0 fully saturated rings. The molecule has 0 saturated carbocycles. The quantitative estimate of drug-likeness (QED) is 0.488. The molecule has 28 heavy (non-hydrogen) atoms. The maximum absolute atomic E-state index is 12.9. The van der Waals surface area contributed by atoms with Crippen molar-refractivity contribution in [3.05, 3.63) is 71.8 Å². The molecule has 2 unspecified atom stereocenters. The van der Waals surface area contributed by atoms with Gasteiger partial charge in [0.15, 0.2) is 0 Å². The van der Waals surface area contributed by atoms with E-state index in [2.05, 4.69) is 10.1 Å². The number of nitrogens with one attached hydrogen (secondary N) is 1. The van der Waals surface area contributed by atoms with Gasteiger partial charge in [-0.3, -0.25) is 9.36 Å². The average Bonchev–Trinajstić information content (AvgIpc) is 2.70. The van der Waals surface area contributed by atoms with E-state index in [4.69, 9.17) is 4.74 Å². The Hall–Kier alpha value is -2.63. The maximum atomic E-state index is 12.9. The summed E-state index contributed by atoms with van der Waals surface area (Å²) in [5.74, 6) is -1.65. The van der Waals surface area contributed by atoms with Gasteiger partial charge in [0, 0.05) is 6.42 Å². The van der Waals surface area contributed by atoms with Crippen LogP contribution in [0.25, 0.3) is 0 Å². The van der Waals surface area contributed by atoms with Crippen LogP contribution < -0.4 is 5.32 Å². The van der Waals surface area contributed by atoms with Gasteiger partial charge in [0.1, 0.15) is 12.4 Å². The second-order valence-electron chi connectivity index (χ2n) is 6.24. The van der Waals surface area contributed by atoms with Crippen LogP contribution in [0.2, 0.25) is 0 Å². The second-order valence-corrected chi connectivity index (χ2v) is 8.69. The maximum Gasteiger partial charge on any atom is 0.408 e. The van der Waals surface area contributed by atoms with Gasteiger partial charge >= 0.3 is 12.1 Å². The molecule has 1 amide bonds. The van der Waals surface area contributed by atoms with Crippen molar-refractivity contribution < 1.29 is 28.5 Å². The molecule has 0 aliphatic rings. The first-order chi connectivity index (χ1) is 13.4. The van der Waals surface area contributed by atoms with Gasteiger partial charge in [-0.2, -0.15) is 0 Å². The third-order valence-corrected chi connectivity index (χ3v) is 6.27. The number of carbonyl (C=O) groups is 2. The Labute approximate surface area is 164 Å². The molecule has 0 bridgehead atoms. The number of alkyl carbamates (subject to hydrolysis) is 1. The van der Waals surface area contributed by atoms with E-state index < -0.39 is 25.2 Å². The van der Waals surface area contributed by atoms with E-state index in [-0.39, 0.29) is 25.6 Å². The fourth-order valence-corrected chi connectivity index (χ4v) is 4.38. The zero-order chi connectivity index (χ0) is 20.4. The number of carbonyl (C=O) groups excluding carboxylic acids is 2. The molecule has 0 heterocycles. The number of amides is 1. The minimum atomic E-state index is -3.86. The summed E-state index contributed by atoms with van der Waals surface area (Å²) < 4.78 is 22.7. The number of benzene rings is 2. The molecule has 0 saturated heterocycles. The zero-order valence-corrected chi connectivity index (χ0v) is 16.5. The standard InChI is InChI=1S/C20H24NO6P/c1-26-19(22)13-12-18(28(24,25)15-17-10-6-3-7-11-17)21-20(23)27-14-16-8-4-2-5-9-16/h2-11,18H,12-15H2,1H3,(H,21,23)(H,24,25). The molecule has 150 valence electrons. The largest absolute Gasteiger partial charge is 0.469 e. The molecule has 0 aliphatic heterocycles. The Morgan fingerprint density at radius 2 is 1.61 bits per heavy atom. The number of esters is 1. The topological polar surface area (TPSA) is 102 Å². The molecule has 2 N–H and O–H groups in total. The number of methoxy groups -OCH3 is 1. The summed E-state index contributed by atoms with van der Waals surface area (Å²) in [7, 11) is -2.62. The van der Waals surface area contributed by atoms with Crippen molar-refractivity contribution in [1.29, 1.82) is 0 Å². The average molecular weight is 405 g/mol. The van der Waals surface area contributed by atoms with E-state index >= 15 is 0 Å². The Balaban J connectivity index is 2.03. The van der Waals surface area contributed by atoms with Crippen molar-refractivity contribution in [3.63, 3.8) is 0 Å². The highest BCUT2D eigenvalue weighted by molar-refractivity contribution is 7.57. The number of ether oxygens (including phenoxy) is 2. The molecule has 8 heteroatoms. The van der Waals surface area contributed by atoms with Gasteiger partial charge in [-0.05, 0) is 17.5 Å². The predicted octanol–water partition coefficient (Wildman–Crippen LogP) is 3.66. The Morgan fingerprint density at radius 3 is 2.18 bits per heavy atom. The molecular formula is C20H24NO6P. The predicted molar refractivity (Wildman–Crippen MR) is 105 cm³/mol. The summed E-state index contributed by atoms with van der Waals surface area (Å²) in [6.45, 7) is 0.0326. The van der Waals surface area contributed by atoms with E-state index in [9.17, 15) is 19.0 Å². The number of rotatable bonds is 9. The summed E-state index contributed by atoms with van der Waals surface area (Å²) in [5, 5.41) is 2.45. The second kappa shape index (κ2) is 10.6. The fraction of sp³-hybridized carbons (Fsp3) is 0.300. The SMILES string of the molecule is COC(=O)CCC(NC(=O)OCc1ccccc1)P(=O)(O)Cc1ccccc1. The molecule has 2 atom stereocenters. The lowest BCUT2D eigenvalue weighted by Crippen LogP contribution is -2.36. The first-order valence-corrected chi connectivity index (χ1v) is 10.7. The van der Waals surface area contributed by atoms with Crippen LogP contribution in [0, 0.1) is 0 Å². The first kappa shape index (κ1) is 21.7. The number of hydrogen-bond donors (Lipinski definition) is 2. The molecule has 0 radical (unpaired) electrons. The Kier molecular flexibility index (Phi) is 8.23. The minimum Gasteiger partial charge on any atom is -0.469 e. The van der Waals surface area contributed by atoms with Crippen LogP contribution in [0.15, 0.2) is 60.7 Å². The summed E-state index contributed by atoms with van der Waals surface area (Å²) in [6, 6.07) is 17.9. The normalized spacial score (nSPS) is 13.8.